The third kappa shape index (κ3) is 4.89. The summed E-state index contributed by atoms with van der Waals surface area (Å²) in [6.07, 6.45) is 1.03. The molecule has 2 rings (SSSR count). The number of benzene rings is 1. The summed E-state index contributed by atoms with van der Waals surface area (Å²) in [5.74, 6) is -2.46. The minimum Gasteiger partial charge on any atom is -0.454 e. The number of hydrogen-bond acceptors (Lipinski definition) is 8. The van der Waals surface area contributed by atoms with Gasteiger partial charge in [0.15, 0.2) is 6.61 Å². The molecule has 0 spiro atoms. The van der Waals surface area contributed by atoms with Gasteiger partial charge in [-0.25, -0.2) is 9.59 Å². The molecule has 0 aliphatic carbocycles. The van der Waals surface area contributed by atoms with Crippen molar-refractivity contribution in [2.24, 2.45) is 0 Å². The van der Waals surface area contributed by atoms with Gasteiger partial charge in [0.2, 0.25) is 0 Å². The fourth-order valence-electron chi connectivity index (χ4n) is 2.62. The van der Waals surface area contributed by atoms with Crippen LogP contribution in [0, 0.1) is 0 Å². The van der Waals surface area contributed by atoms with E-state index < -0.39 is 42.4 Å². The number of ether oxygens (including phenoxy) is 2. The van der Waals surface area contributed by atoms with Crippen LogP contribution in [0.4, 0.5) is 4.79 Å². The van der Waals surface area contributed by atoms with Gasteiger partial charge < -0.3 is 9.47 Å². The smallest absolute Gasteiger partial charge is 0.413 e. The summed E-state index contributed by atoms with van der Waals surface area (Å²) in [6.45, 7) is 0.911. The van der Waals surface area contributed by atoms with Gasteiger partial charge in [-0.2, -0.15) is 11.8 Å². The number of fused-ring (bicyclic) bond motifs is 1. The number of imide groups is 2. The number of thioether (sulfide) groups is 1. The maximum atomic E-state index is 12.6. The van der Waals surface area contributed by atoms with E-state index in [0.717, 1.165) is 4.90 Å². The molecule has 1 N–H and O–H groups in total. The molecule has 0 bridgehead atoms. The van der Waals surface area contributed by atoms with Crippen molar-refractivity contribution in [2.75, 3.05) is 25.2 Å². The average molecular weight is 408 g/mol. The first-order chi connectivity index (χ1) is 13.4. The molecule has 28 heavy (non-hydrogen) atoms. The Bertz CT molecular complexity index is 761. The van der Waals surface area contributed by atoms with Gasteiger partial charge in [-0.05, 0) is 37.5 Å². The van der Waals surface area contributed by atoms with E-state index in [4.69, 9.17) is 4.74 Å². The van der Waals surface area contributed by atoms with Crippen LogP contribution >= 0.6 is 11.8 Å². The molecule has 0 saturated heterocycles. The molecular formula is C18H20N2O7S. The molecule has 1 aromatic carbocycles. The molecule has 9 nitrogen and oxygen atoms in total. The summed E-state index contributed by atoms with van der Waals surface area (Å²) < 4.78 is 9.49. The second-order valence-corrected chi connectivity index (χ2v) is 6.69. The first kappa shape index (κ1) is 21.4. The Labute approximate surface area is 165 Å². The van der Waals surface area contributed by atoms with Gasteiger partial charge in [0.1, 0.15) is 6.04 Å². The molecular weight excluding hydrogens is 388 g/mol. The highest BCUT2D eigenvalue weighted by Crippen LogP contribution is 2.26. The Balaban J connectivity index is 2.08. The Kier molecular flexibility index (Phi) is 7.56. The fraction of sp³-hybridized carbons (Fsp3) is 0.389. The number of rotatable bonds is 8. The fourth-order valence-corrected chi connectivity index (χ4v) is 3.08. The number of amides is 4. The zero-order valence-corrected chi connectivity index (χ0v) is 16.2. The zero-order valence-electron chi connectivity index (χ0n) is 15.4. The maximum Gasteiger partial charge on any atom is 0.413 e. The van der Waals surface area contributed by atoms with Crippen molar-refractivity contribution in [1.29, 1.82) is 0 Å². The summed E-state index contributed by atoms with van der Waals surface area (Å²) in [7, 11) is 0. The SMILES string of the molecule is CCOC(=O)NC(=O)COC(=O)[C@@H](CCSC)N1C(=O)c2ccccc2C1=O. The van der Waals surface area contributed by atoms with Crippen LogP contribution in [0.2, 0.25) is 0 Å². The minimum absolute atomic E-state index is 0.0788. The summed E-state index contributed by atoms with van der Waals surface area (Å²) in [5, 5.41) is 1.89. The molecule has 1 aromatic rings. The highest BCUT2D eigenvalue weighted by Gasteiger charge is 2.43. The number of hydrogen-bond donors (Lipinski definition) is 1. The minimum atomic E-state index is -1.17. The Morgan fingerprint density at radius 3 is 2.25 bits per heavy atom. The number of esters is 1. The Hall–Kier alpha value is -2.88. The van der Waals surface area contributed by atoms with E-state index in [1.54, 1.807) is 19.1 Å². The molecule has 1 aliphatic heterocycles. The van der Waals surface area contributed by atoms with Gasteiger partial charge in [0, 0.05) is 0 Å². The van der Waals surface area contributed by atoms with Crippen molar-refractivity contribution < 1.29 is 33.4 Å². The molecule has 1 atom stereocenters. The normalized spacial score (nSPS) is 13.7. The van der Waals surface area contributed by atoms with Crippen molar-refractivity contribution in [3.8, 4) is 0 Å². The van der Waals surface area contributed by atoms with E-state index in [0.29, 0.717) is 5.75 Å². The lowest BCUT2D eigenvalue weighted by Gasteiger charge is -2.24. The number of nitrogens with one attached hydrogen (secondary N) is 1. The van der Waals surface area contributed by atoms with E-state index >= 15 is 0 Å². The Morgan fingerprint density at radius 2 is 1.71 bits per heavy atom. The first-order valence-corrected chi connectivity index (χ1v) is 9.89. The van der Waals surface area contributed by atoms with Gasteiger partial charge >= 0.3 is 12.1 Å². The van der Waals surface area contributed by atoms with E-state index in [2.05, 4.69) is 4.74 Å². The number of carbonyl (C=O) groups is 5. The highest BCUT2D eigenvalue weighted by molar-refractivity contribution is 7.98. The lowest BCUT2D eigenvalue weighted by Crippen LogP contribution is -2.47. The third-order valence-corrected chi connectivity index (χ3v) is 4.51. The van der Waals surface area contributed by atoms with Gasteiger partial charge in [0.25, 0.3) is 17.7 Å². The van der Waals surface area contributed by atoms with E-state index in [1.165, 1.54) is 23.9 Å². The number of carbonyl (C=O) groups excluding carboxylic acids is 5. The van der Waals surface area contributed by atoms with E-state index in [-0.39, 0.29) is 24.2 Å². The number of nitrogens with zero attached hydrogens (tertiary/aromatic N) is 1. The van der Waals surface area contributed by atoms with Crippen molar-refractivity contribution >= 4 is 41.5 Å². The van der Waals surface area contributed by atoms with Crippen LogP contribution in [-0.2, 0) is 19.1 Å². The van der Waals surface area contributed by atoms with Gasteiger partial charge in [-0.15, -0.1) is 0 Å². The van der Waals surface area contributed by atoms with Crippen molar-refractivity contribution in [2.45, 2.75) is 19.4 Å². The maximum absolute atomic E-state index is 12.6. The second-order valence-electron chi connectivity index (χ2n) is 5.70. The van der Waals surface area contributed by atoms with E-state index in [1.807, 2.05) is 11.6 Å². The second kappa shape index (κ2) is 9.88. The highest BCUT2D eigenvalue weighted by atomic mass is 32.2. The molecule has 150 valence electrons. The Morgan fingerprint density at radius 1 is 1.11 bits per heavy atom. The topological polar surface area (TPSA) is 119 Å². The lowest BCUT2D eigenvalue weighted by atomic mass is 10.1. The monoisotopic (exact) mass is 408 g/mol. The van der Waals surface area contributed by atoms with Crippen LogP contribution in [0.5, 0.6) is 0 Å². The van der Waals surface area contributed by atoms with Gasteiger partial charge in [0.05, 0.1) is 17.7 Å². The van der Waals surface area contributed by atoms with E-state index in [9.17, 15) is 24.0 Å². The number of alkyl carbamates (subject to hydrolysis) is 1. The predicted molar refractivity (Wildman–Crippen MR) is 99.9 cm³/mol. The van der Waals surface area contributed by atoms with Crippen molar-refractivity contribution in [3.05, 3.63) is 35.4 Å². The largest absolute Gasteiger partial charge is 0.454 e. The van der Waals surface area contributed by atoms with Crippen LogP contribution < -0.4 is 5.32 Å². The van der Waals surface area contributed by atoms with Crippen LogP contribution in [0.15, 0.2) is 24.3 Å². The van der Waals surface area contributed by atoms with Crippen LogP contribution in [-0.4, -0.2) is 65.9 Å². The molecule has 0 unspecified atom stereocenters. The zero-order chi connectivity index (χ0) is 20.7. The quantitative estimate of drug-likeness (QED) is 0.504. The van der Waals surface area contributed by atoms with Crippen LogP contribution in [0.1, 0.15) is 34.1 Å². The third-order valence-electron chi connectivity index (χ3n) is 3.87. The average Bonchev–Trinajstić information content (AvgIpc) is 2.92. The summed E-state index contributed by atoms with van der Waals surface area (Å²) in [6, 6.07) is 5.11. The van der Waals surface area contributed by atoms with Crippen molar-refractivity contribution in [1.82, 2.24) is 10.2 Å². The first-order valence-electron chi connectivity index (χ1n) is 8.49. The lowest BCUT2D eigenvalue weighted by molar-refractivity contribution is -0.152. The van der Waals surface area contributed by atoms with Crippen LogP contribution in [0.3, 0.4) is 0 Å². The summed E-state index contributed by atoms with van der Waals surface area (Å²) in [4.78, 5) is 61.5. The summed E-state index contributed by atoms with van der Waals surface area (Å²) in [5.41, 5.74) is 0.434. The molecule has 0 fully saturated rings. The molecule has 1 heterocycles. The molecule has 0 saturated carbocycles. The van der Waals surface area contributed by atoms with Crippen LogP contribution in [0.25, 0.3) is 0 Å². The van der Waals surface area contributed by atoms with Crippen molar-refractivity contribution in [3.63, 3.8) is 0 Å². The molecule has 1 aliphatic rings. The van der Waals surface area contributed by atoms with Gasteiger partial charge in [-0.1, -0.05) is 12.1 Å². The molecule has 0 radical (unpaired) electrons. The summed E-state index contributed by atoms with van der Waals surface area (Å²) >= 11 is 1.43. The standard InChI is InChI=1S/C18H20N2O7S/c1-3-26-18(25)19-14(21)10-27-17(24)13(8-9-28-2)20-15(22)11-6-4-5-7-12(11)16(20)23/h4-7,13H,3,8-10H2,1-2H3,(H,19,21,25)/t13-/m1/s1. The molecule has 0 aromatic heterocycles. The molecule has 10 heteroatoms. The molecule has 4 amide bonds. The van der Waals surface area contributed by atoms with Gasteiger partial charge in [-0.3, -0.25) is 24.6 Å². The predicted octanol–water partition coefficient (Wildman–Crippen LogP) is 1.22.